The first-order valence-electron chi connectivity index (χ1n) is 6.96. The fourth-order valence-corrected chi connectivity index (χ4v) is 2.83. The molecule has 4 nitrogen and oxygen atoms in total. The highest BCUT2D eigenvalue weighted by Gasteiger charge is 2.25. The molecule has 2 unspecified atom stereocenters. The lowest BCUT2D eigenvalue weighted by Gasteiger charge is -2.28. The van der Waals surface area contributed by atoms with E-state index in [0.29, 0.717) is 17.9 Å². The molecule has 1 aliphatic rings. The van der Waals surface area contributed by atoms with Crippen molar-refractivity contribution in [1.29, 1.82) is 10.5 Å². The molecule has 104 valence electrons. The molecule has 4 heteroatoms. The fourth-order valence-electron chi connectivity index (χ4n) is 2.83. The zero-order valence-corrected chi connectivity index (χ0v) is 12.1. The Bertz CT molecular complexity index is 523. The van der Waals surface area contributed by atoms with Gasteiger partial charge in [0, 0.05) is 31.4 Å². The van der Waals surface area contributed by atoms with Gasteiger partial charge in [0.1, 0.15) is 0 Å². The number of likely N-dealkylation sites (N-methyl/N-ethyl adjacent to an activating group) is 1. The number of rotatable bonds is 2. The largest absolute Gasteiger partial charge is 0.370 e. The molecule has 1 aliphatic heterocycles. The minimum Gasteiger partial charge on any atom is -0.370 e. The lowest BCUT2D eigenvalue weighted by Crippen LogP contribution is -2.38. The predicted molar refractivity (Wildman–Crippen MR) is 79.2 cm³/mol. The van der Waals surface area contributed by atoms with E-state index in [1.54, 1.807) is 0 Å². The average molecular weight is 268 g/mol. The minimum atomic E-state index is 0.264. The predicted octanol–water partition coefficient (Wildman–Crippen LogP) is 2.23. The third kappa shape index (κ3) is 3.29. The first-order chi connectivity index (χ1) is 9.63. The summed E-state index contributed by atoms with van der Waals surface area (Å²) in [5, 5.41) is 17.9. The molecule has 1 heterocycles. The summed E-state index contributed by atoms with van der Waals surface area (Å²) >= 11 is 0. The van der Waals surface area contributed by atoms with Crippen molar-refractivity contribution in [2.45, 2.75) is 19.4 Å². The molecule has 1 fully saturated rings. The Morgan fingerprint density at radius 2 is 1.85 bits per heavy atom. The van der Waals surface area contributed by atoms with Gasteiger partial charge in [-0.2, -0.15) is 10.5 Å². The van der Waals surface area contributed by atoms with Crippen LogP contribution in [0, 0.1) is 28.6 Å². The van der Waals surface area contributed by atoms with E-state index >= 15 is 0 Å². The smallest absolute Gasteiger partial charge is 0.0991 e. The van der Waals surface area contributed by atoms with Gasteiger partial charge in [0.05, 0.1) is 24.1 Å². The van der Waals surface area contributed by atoms with Crippen molar-refractivity contribution in [2.24, 2.45) is 5.92 Å². The van der Waals surface area contributed by atoms with Crippen LogP contribution in [-0.2, 0) is 0 Å². The summed E-state index contributed by atoms with van der Waals surface area (Å²) in [4.78, 5) is 4.62. The molecule has 2 atom stereocenters. The highest BCUT2D eigenvalue weighted by Crippen LogP contribution is 2.22. The second-order valence-electron chi connectivity index (χ2n) is 5.62. The first kappa shape index (κ1) is 14.4. The summed E-state index contributed by atoms with van der Waals surface area (Å²) in [5.74, 6) is 0.555. The topological polar surface area (TPSA) is 54.1 Å². The van der Waals surface area contributed by atoms with Crippen molar-refractivity contribution < 1.29 is 0 Å². The van der Waals surface area contributed by atoms with Gasteiger partial charge in [0.15, 0.2) is 0 Å². The quantitative estimate of drug-likeness (QED) is 0.825. The number of benzene rings is 1. The lowest BCUT2D eigenvalue weighted by molar-refractivity contribution is 0.241. The maximum atomic E-state index is 8.99. The maximum absolute atomic E-state index is 8.99. The van der Waals surface area contributed by atoms with E-state index in [2.05, 4.69) is 35.9 Å². The van der Waals surface area contributed by atoms with Gasteiger partial charge < -0.3 is 9.80 Å². The first-order valence-corrected chi connectivity index (χ1v) is 6.96. The molecule has 0 saturated carbocycles. The highest BCUT2D eigenvalue weighted by atomic mass is 15.2. The molecule has 20 heavy (non-hydrogen) atoms. The molecule has 0 N–H and O–H groups in total. The van der Waals surface area contributed by atoms with Gasteiger partial charge in [-0.1, -0.05) is 6.92 Å². The monoisotopic (exact) mass is 268 g/mol. The van der Waals surface area contributed by atoms with E-state index in [0.717, 1.165) is 25.3 Å². The molecule has 0 aromatic heterocycles. The van der Waals surface area contributed by atoms with Crippen LogP contribution in [0.15, 0.2) is 24.3 Å². The third-order valence-electron chi connectivity index (χ3n) is 3.87. The van der Waals surface area contributed by atoms with E-state index < -0.39 is 0 Å². The van der Waals surface area contributed by atoms with Crippen molar-refractivity contribution in [3.05, 3.63) is 29.8 Å². The summed E-state index contributed by atoms with van der Waals surface area (Å²) in [6.45, 7) is 5.10. The SMILES string of the molecule is CC1CN(c2ccc(C#N)cc2)CC(CC#N)N(C)C1. The lowest BCUT2D eigenvalue weighted by atomic mass is 10.1. The second-order valence-corrected chi connectivity index (χ2v) is 5.62. The van der Waals surface area contributed by atoms with Gasteiger partial charge >= 0.3 is 0 Å². The van der Waals surface area contributed by atoms with Crippen LogP contribution < -0.4 is 4.90 Å². The number of nitriles is 2. The van der Waals surface area contributed by atoms with Crippen molar-refractivity contribution in [3.63, 3.8) is 0 Å². The maximum Gasteiger partial charge on any atom is 0.0991 e. The van der Waals surface area contributed by atoms with Gasteiger partial charge in [-0.25, -0.2) is 0 Å². The average Bonchev–Trinajstić information content (AvgIpc) is 2.58. The molecule has 0 amide bonds. The van der Waals surface area contributed by atoms with E-state index in [1.165, 1.54) is 0 Å². The van der Waals surface area contributed by atoms with Crippen molar-refractivity contribution in [1.82, 2.24) is 4.90 Å². The molecule has 1 saturated heterocycles. The summed E-state index contributed by atoms with van der Waals surface area (Å²) < 4.78 is 0. The van der Waals surface area contributed by atoms with Crippen molar-refractivity contribution in [3.8, 4) is 12.1 Å². The zero-order valence-electron chi connectivity index (χ0n) is 12.1. The van der Waals surface area contributed by atoms with Crippen LogP contribution >= 0.6 is 0 Å². The molecule has 1 aromatic rings. The number of hydrogen-bond acceptors (Lipinski definition) is 4. The number of anilines is 1. The van der Waals surface area contributed by atoms with Crippen LogP contribution in [0.2, 0.25) is 0 Å². The summed E-state index contributed by atoms with van der Waals surface area (Å²) in [5.41, 5.74) is 1.82. The summed E-state index contributed by atoms with van der Waals surface area (Å²) in [6.07, 6.45) is 0.552. The Morgan fingerprint density at radius 1 is 1.15 bits per heavy atom. The van der Waals surface area contributed by atoms with E-state index in [9.17, 15) is 0 Å². The van der Waals surface area contributed by atoms with Crippen LogP contribution in [-0.4, -0.2) is 37.6 Å². The normalized spacial score (nSPS) is 23.7. The Labute approximate surface area is 120 Å². The molecule has 2 rings (SSSR count). The summed E-state index contributed by atoms with van der Waals surface area (Å²) in [6, 6.07) is 12.4. The van der Waals surface area contributed by atoms with Gasteiger partial charge in [-0.3, -0.25) is 0 Å². The Morgan fingerprint density at radius 3 is 2.45 bits per heavy atom. The fraction of sp³-hybridized carbons (Fsp3) is 0.500. The molecule has 0 aliphatic carbocycles. The van der Waals surface area contributed by atoms with Crippen LogP contribution in [0.25, 0.3) is 0 Å². The summed E-state index contributed by atoms with van der Waals surface area (Å²) in [7, 11) is 2.10. The second kappa shape index (κ2) is 6.41. The van der Waals surface area contributed by atoms with E-state index in [-0.39, 0.29) is 6.04 Å². The van der Waals surface area contributed by atoms with Gasteiger partial charge in [0.2, 0.25) is 0 Å². The van der Waals surface area contributed by atoms with Crippen LogP contribution in [0.4, 0.5) is 5.69 Å². The molecule has 0 spiro atoms. The molecule has 1 aromatic carbocycles. The zero-order chi connectivity index (χ0) is 14.5. The van der Waals surface area contributed by atoms with Crippen molar-refractivity contribution >= 4 is 5.69 Å². The Hall–Kier alpha value is -2.04. The van der Waals surface area contributed by atoms with Gasteiger partial charge in [-0.15, -0.1) is 0 Å². The van der Waals surface area contributed by atoms with E-state index in [4.69, 9.17) is 10.5 Å². The van der Waals surface area contributed by atoms with Crippen molar-refractivity contribution in [2.75, 3.05) is 31.6 Å². The van der Waals surface area contributed by atoms with E-state index in [1.807, 2.05) is 24.3 Å². The Balaban J connectivity index is 2.20. The minimum absolute atomic E-state index is 0.264. The number of nitrogens with zero attached hydrogens (tertiary/aromatic N) is 4. The molecular weight excluding hydrogens is 248 g/mol. The standard InChI is InChI=1S/C16H20N4/c1-13-10-19(2)16(7-8-17)12-20(11-13)15-5-3-14(9-18)4-6-15/h3-6,13,16H,7,10-12H2,1-2H3. The Kier molecular flexibility index (Phi) is 4.61. The van der Waals surface area contributed by atoms with Gasteiger partial charge in [0.25, 0.3) is 0 Å². The number of hydrogen-bond donors (Lipinski definition) is 0. The highest BCUT2D eigenvalue weighted by molar-refractivity contribution is 5.50. The molecule has 0 bridgehead atoms. The molecule has 0 radical (unpaired) electrons. The molecular formula is C16H20N4. The van der Waals surface area contributed by atoms with Crippen LogP contribution in [0.3, 0.4) is 0 Å². The third-order valence-corrected chi connectivity index (χ3v) is 3.87. The van der Waals surface area contributed by atoms with Gasteiger partial charge in [-0.05, 0) is 37.2 Å². The van der Waals surface area contributed by atoms with Crippen LogP contribution in [0.1, 0.15) is 18.9 Å². The van der Waals surface area contributed by atoms with Crippen LogP contribution in [0.5, 0.6) is 0 Å².